The van der Waals surface area contributed by atoms with Gasteiger partial charge in [-0.2, -0.15) is 0 Å². The van der Waals surface area contributed by atoms with Gasteiger partial charge in [0.15, 0.2) is 0 Å². The summed E-state index contributed by atoms with van der Waals surface area (Å²) in [6.45, 7) is 0. The first kappa shape index (κ1) is 8.14. The first-order valence-electron chi connectivity index (χ1n) is 3.22. The zero-order valence-corrected chi connectivity index (χ0v) is 7.11. The Hall–Kier alpha value is -0.960. The van der Waals surface area contributed by atoms with Crippen LogP contribution in [0.4, 0.5) is 5.69 Å². The van der Waals surface area contributed by atoms with E-state index in [0.29, 0.717) is 5.69 Å². The molecular formula is C8H10N2S. The van der Waals surface area contributed by atoms with Crippen LogP contribution in [0.15, 0.2) is 23.1 Å². The van der Waals surface area contributed by atoms with E-state index >= 15 is 0 Å². The molecule has 3 heteroatoms. The molecule has 0 aromatic heterocycles. The molecule has 3 N–H and O–H groups in total. The molecule has 0 aliphatic carbocycles. The third kappa shape index (κ3) is 1.74. The van der Waals surface area contributed by atoms with Crippen LogP contribution in [-0.2, 0) is 0 Å². The number of rotatable bonds is 2. The molecule has 0 unspecified atom stereocenters. The van der Waals surface area contributed by atoms with Gasteiger partial charge in [0.25, 0.3) is 0 Å². The second-order valence-corrected chi connectivity index (χ2v) is 3.02. The van der Waals surface area contributed by atoms with Crippen LogP contribution in [0.3, 0.4) is 0 Å². The number of benzene rings is 1. The van der Waals surface area contributed by atoms with Gasteiger partial charge in [-0.1, -0.05) is 0 Å². The number of anilines is 1. The quantitative estimate of drug-likeness (QED) is 0.401. The second-order valence-electron chi connectivity index (χ2n) is 2.14. The number of nitrogens with two attached hydrogens (primary N) is 1. The van der Waals surface area contributed by atoms with Crippen LogP contribution < -0.4 is 5.73 Å². The second kappa shape index (κ2) is 3.44. The molecule has 1 rings (SSSR count). The lowest BCUT2D eigenvalue weighted by Gasteiger charge is -2.00. The predicted molar refractivity (Wildman–Crippen MR) is 50.5 cm³/mol. The van der Waals surface area contributed by atoms with Gasteiger partial charge in [-0.15, -0.1) is 11.8 Å². The summed E-state index contributed by atoms with van der Waals surface area (Å²) in [5.41, 5.74) is 7.05. The Morgan fingerprint density at radius 3 is 2.82 bits per heavy atom. The van der Waals surface area contributed by atoms with Crippen LogP contribution in [-0.4, -0.2) is 12.5 Å². The van der Waals surface area contributed by atoms with Crippen LogP contribution in [0.5, 0.6) is 0 Å². The molecule has 0 aliphatic heterocycles. The normalized spacial score (nSPS) is 9.55. The zero-order valence-electron chi connectivity index (χ0n) is 6.29. The van der Waals surface area contributed by atoms with Gasteiger partial charge in [0.1, 0.15) is 0 Å². The highest BCUT2D eigenvalue weighted by atomic mass is 32.2. The van der Waals surface area contributed by atoms with E-state index in [0.717, 1.165) is 10.5 Å². The maximum atomic E-state index is 7.04. The van der Waals surface area contributed by atoms with Crippen molar-refractivity contribution in [3.8, 4) is 0 Å². The fourth-order valence-electron chi connectivity index (χ4n) is 0.805. The monoisotopic (exact) mass is 166 g/mol. The van der Waals surface area contributed by atoms with Gasteiger partial charge in [-0.3, -0.25) is 0 Å². The third-order valence-corrected chi connectivity index (χ3v) is 2.17. The molecular weight excluding hydrogens is 156 g/mol. The minimum absolute atomic E-state index is 0.665. The summed E-state index contributed by atoms with van der Waals surface area (Å²) < 4.78 is 0. The van der Waals surface area contributed by atoms with Crippen LogP contribution in [0.1, 0.15) is 5.56 Å². The van der Waals surface area contributed by atoms with E-state index < -0.39 is 0 Å². The highest BCUT2D eigenvalue weighted by Crippen LogP contribution is 2.19. The molecule has 0 aliphatic rings. The van der Waals surface area contributed by atoms with E-state index in [9.17, 15) is 0 Å². The molecule has 0 heterocycles. The lowest BCUT2D eigenvalue weighted by atomic mass is 10.2. The largest absolute Gasteiger partial charge is 0.398 e. The van der Waals surface area contributed by atoms with E-state index in [-0.39, 0.29) is 0 Å². The van der Waals surface area contributed by atoms with Gasteiger partial charge in [-0.25, -0.2) is 0 Å². The number of hydrogen-bond acceptors (Lipinski definition) is 3. The summed E-state index contributed by atoms with van der Waals surface area (Å²) >= 11 is 1.65. The number of nitrogens with one attached hydrogen (secondary N) is 1. The van der Waals surface area contributed by atoms with Crippen molar-refractivity contribution in [2.24, 2.45) is 0 Å². The molecule has 0 bridgehead atoms. The minimum Gasteiger partial charge on any atom is -0.398 e. The molecule has 2 nitrogen and oxygen atoms in total. The van der Waals surface area contributed by atoms with E-state index in [4.69, 9.17) is 11.1 Å². The van der Waals surface area contributed by atoms with Gasteiger partial charge in [0, 0.05) is 22.4 Å². The summed E-state index contributed by atoms with van der Waals surface area (Å²) in [4.78, 5) is 1.14. The Morgan fingerprint density at radius 1 is 1.55 bits per heavy atom. The molecule has 11 heavy (non-hydrogen) atoms. The average Bonchev–Trinajstić information content (AvgIpc) is 2.05. The Morgan fingerprint density at radius 2 is 2.27 bits per heavy atom. The van der Waals surface area contributed by atoms with Crippen molar-refractivity contribution in [1.82, 2.24) is 0 Å². The van der Waals surface area contributed by atoms with Gasteiger partial charge in [0.2, 0.25) is 0 Å². The van der Waals surface area contributed by atoms with Crippen molar-refractivity contribution in [2.75, 3.05) is 12.0 Å². The molecule has 1 aromatic rings. The molecule has 0 radical (unpaired) electrons. The molecule has 0 saturated heterocycles. The van der Waals surface area contributed by atoms with Crippen molar-refractivity contribution >= 4 is 23.7 Å². The van der Waals surface area contributed by atoms with Crippen molar-refractivity contribution in [3.05, 3.63) is 23.8 Å². The van der Waals surface area contributed by atoms with Crippen molar-refractivity contribution in [1.29, 1.82) is 5.41 Å². The summed E-state index contributed by atoms with van der Waals surface area (Å²) in [6.07, 6.45) is 3.27. The van der Waals surface area contributed by atoms with E-state index in [1.165, 1.54) is 6.21 Å². The molecule has 0 fully saturated rings. The maximum absolute atomic E-state index is 7.04. The van der Waals surface area contributed by atoms with E-state index in [1.807, 2.05) is 24.5 Å². The van der Waals surface area contributed by atoms with Crippen LogP contribution >= 0.6 is 11.8 Å². The first-order valence-corrected chi connectivity index (χ1v) is 4.44. The Bertz CT molecular complexity index is 271. The summed E-state index contributed by atoms with van der Waals surface area (Å²) in [5.74, 6) is 0. The van der Waals surface area contributed by atoms with Gasteiger partial charge in [0.05, 0.1) is 0 Å². The summed E-state index contributed by atoms with van der Waals surface area (Å²) in [6, 6.07) is 5.69. The van der Waals surface area contributed by atoms with Gasteiger partial charge in [-0.05, 0) is 24.5 Å². The van der Waals surface area contributed by atoms with E-state index in [2.05, 4.69) is 0 Å². The topological polar surface area (TPSA) is 49.9 Å². The predicted octanol–water partition coefficient (Wildman–Crippen LogP) is 1.99. The standard InChI is InChI=1S/C8H10N2S/c1-11-7-2-3-8(10)6(4-7)5-9/h2-5,9H,10H2,1H3. The molecule has 58 valence electrons. The van der Waals surface area contributed by atoms with Crippen molar-refractivity contribution in [3.63, 3.8) is 0 Å². The third-order valence-electron chi connectivity index (χ3n) is 1.45. The fourth-order valence-corrected chi connectivity index (χ4v) is 1.25. The Labute approximate surface area is 70.3 Å². The molecule has 0 amide bonds. The lowest BCUT2D eigenvalue weighted by molar-refractivity contribution is 1.44. The Balaban J connectivity index is 3.12. The zero-order chi connectivity index (χ0) is 8.27. The number of hydrogen-bond donors (Lipinski definition) is 2. The molecule has 0 saturated carbocycles. The molecule has 0 atom stereocenters. The van der Waals surface area contributed by atoms with Crippen LogP contribution in [0, 0.1) is 5.41 Å². The average molecular weight is 166 g/mol. The number of nitrogen functional groups attached to an aromatic ring is 1. The smallest absolute Gasteiger partial charge is 0.0403 e. The van der Waals surface area contributed by atoms with Crippen LogP contribution in [0.2, 0.25) is 0 Å². The highest BCUT2D eigenvalue weighted by Gasteiger charge is 1.96. The molecule has 0 spiro atoms. The molecule has 1 aromatic carbocycles. The SMILES string of the molecule is CSc1ccc(N)c(C=N)c1. The summed E-state index contributed by atoms with van der Waals surface area (Å²) in [7, 11) is 0. The fraction of sp³-hybridized carbons (Fsp3) is 0.125. The minimum atomic E-state index is 0.665. The highest BCUT2D eigenvalue weighted by molar-refractivity contribution is 7.98. The van der Waals surface area contributed by atoms with Crippen molar-refractivity contribution < 1.29 is 0 Å². The summed E-state index contributed by atoms with van der Waals surface area (Å²) in [5, 5.41) is 7.04. The lowest BCUT2D eigenvalue weighted by Crippen LogP contribution is -1.91. The van der Waals surface area contributed by atoms with Crippen LogP contribution in [0.25, 0.3) is 0 Å². The first-order chi connectivity index (χ1) is 5.27. The van der Waals surface area contributed by atoms with Gasteiger partial charge >= 0.3 is 0 Å². The maximum Gasteiger partial charge on any atom is 0.0403 e. The van der Waals surface area contributed by atoms with Crippen molar-refractivity contribution in [2.45, 2.75) is 4.90 Å². The number of thioether (sulfide) groups is 1. The Kier molecular flexibility index (Phi) is 2.54. The van der Waals surface area contributed by atoms with E-state index in [1.54, 1.807) is 11.8 Å². The van der Waals surface area contributed by atoms with Gasteiger partial charge < -0.3 is 11.1 Å².